The first kappa shape index (κ1) is 8.31. The highest BCUT2D eigenvalue weighted by Crippen LogP contribution is 2.07. The summed E-state index contributed by atoms with van der Waals surface area (Å²) < 4.78 is 2.05. The van der Waals surface area contributed by atoms with Crippen molar-refractivity contribution in [2.24, 2.45) is 0 Å². The van der Waals surface area contributed by atoms with Gasteiger partial charge in [0, 0.05) is 12.2 Å². The van der Waals surface area contributed by atoms with Crippen molar-refractivity contribution in [3.05, 3.63) is 17.5 Å². The van der Waals surface area contributed by atoms with Crippen molar-refractivity contribution in [1.29, 1.82) is 0 Å². The summed E-state index contributed by atoms with van der Waals surface area (Å²) in [6.45, 7) is 7.41. The number of hydrogen-bond donors (Lipinski definition) is 0. The first-order valence-corrected chi connectivity index (χ1v) is 4.23. The van der Waals surface area contributed by atoms with E-state index in [0.717, 1.165) is 19.4 Å². The van der Waals surface area contributed by atoms with Crippen LogP contribution >= 0.6 is 0 Å². The molecular weight excluding hydrogens is 136 g/mol. The second-order valence-corrected chi connectivity index (χ2v) is 2.76. The number of hydrogen-bond acceptors (Lipinski definition) is 1. The van der Waals surface area contributed by atoms with Gasteiger partial charge in [-0.3, -0.25) is 4.68 Å². The molecule has 0 aliphatic rings. The molecular formula is C9H15N2. The zero-order chi connectivity index (χ0) is 8.27. The SMILES string of the molecule is CCCn1n[c]c(C)c1CC. The molecule has 0 bridgehead atoms. The van der Waals surface area contributed by atoms with Crippen LogP contribution in [0.4, 0.5) is 0 Å². The van der Waals surface area contributed by atoms with Gasteiger partial charge in [0.15, 0.2) is 0 Å². The van der Waals surface area contributed by atoms with E-state index in [1.54, 1.807) is 0 Å². The summed E-state index contributed by atoms with van der Waals surface area (Å²) in [5.74, 6) is 0. The van der Waals surface area contributed by atoms with Gasteiger partial charge < -0.3 is 0 Å². The molecule has 1 aromatic rings. The summed E-state index contributed by atoms with van der Waals surface area (Å²) in [4.78, 5) is 0. The fourth-order valence-electron chi connectivity index (χ4n) is 1.30. The molecule has 0 atom stereocenters. The monoisotopic (exact) mass is 151 g/mol. The molecule has 0 N–H and O–H groups in total. The highest BCUT2D eigenvalue weighted by Gasteiger charge is 2.03. The van der Waals surface area contributed by atoms with Crippen molar-refractivity contribution < 1.29 is 0 Å². The zero-order valence-corrected chi connectivity index (χ0v) is 7.52. The Bertz CT molecular complexity index is 225. The Kier molecular flexibility index (Phi) is 2.69. The molecule has 0 saturated carbocycles. The lowest BCUT2D eigenvalue weighted by atomic mass is 10.2. The second-order valence-electron chi connectivity index (χ2n) is 2.76. The molecule has 1 rings (SSSR count). The molecule has 1 radical (unpaired) electrons. The van der Waals surface area contributed by atoms with Crippen LogP contribution < -0.4 is 0 Å². The second kappa shape index (κ2) is 3.56. The van der Waals surface area contributed by atoms with E-state index in [-0.39, 0.29) is 0 Å². The Labute approximate surface area is 68.2 Å². The Morgan fingerprint density at radius 1 is 1.45 bits per heavy atom. The third-order valence-electron chi connectivity index (χ3n) is 1.85. The van der Waals surface area contributed by atoms with E-state index in [1.165, 1.54) is 11.3 Å². The number of aromatic nitrogens is 2. The number of aryl methyl sites for hydroxylation is 2. The Balaban J connectivity index is 2.86. The van der Waals surface area contributed by atoms with Gasteiger partial charge in [0.05, 0.1) is 0 Å². The predicted molar refractivity (Wildman–Crippen MR) is 45.5 cm³/mol. The minimum atomic E-state index is 1.02. The molecule has 0 fully saturated rings. The average molecular weight is 151 g/mol. The van der Waals surface area contributed by atoms with Crippen LogP contribution in [0.15, 0.2) is 0 Å². The van der Waals surface area contributed by atoms with Crippen LogP contribution in [-0.4, -0.2) is 9.78 Å². The quantitative estimate of drug-likeness (QED) is 0.645. The molecule has 1 aromatic heterocycles. The normalized spacial score (nSPS) is 10.5. The molecule has 0 amide bonds. The fraction of sp³-hybridized carbons (Fsp3) is 0.667. The summed E-state index contributed by atoms with van der Waals surface area (Å²) in [6, 6.07) is 0. The third-order valence-corrected chi connectivity index (χ3v) is 1.85. The molecule has 0 unspecified atom stereocenters. The molecule has 2 heteroatoms. The summed E-state index contributed by atoms with van der Waals surface area (Å²) in [7, 11) is 0. The van der Waals surface area contributed by atoms with E-state index in [0.29, 0.717) is 0 Å². The molecule has 0 spiro atoms. The summed E-state index contributed by atoms with van der Waals surface area (Å²) in [5.41, 5.74) is 2.52. The lowest BCUT2D eigenvalue weighted by Gasteiger charge is -2.03. The average Bonchev–Trinajstić information content (AvgIpc) is 2.33. The van der Waals surface area contributed by atoms with Gasteiger partial charge >= 0.3 is 0 Å². The van der Waals surface area contributed by atoms with Crippen molar-refractivity contribution in [3.63, 3.8) is 0 Å². The van der Waals surface area contributed by atoms with Gasteiger partial charge in [0.25, 0.3) is 0 Å². The van der Waals surface area contributed by atoms with E-state index >= 15 is 0 Å². The standard InChI is InChI=1S/C9H15N2/c1-4-6-11-9(5-2)8(3)7-10-11/h4-6H2,1-3H3. The van der Waals surface area contributed by atoms with Gasteiger partial charge in [0.1, 0.15) is 6.20 Å². The summed E-state index contributed by atoms with van der Waals surface area (Å²) >= 11 is 0. The zero-order valence-electron chi connectivity index (χ0n) is 7.52. The summed E-state index contributed by atoms with van der Waals surface area (Å²) in [6.07, 6.45) is 5.18. The molecule has 61 valence electrons. The molecule has 0 saturated heterocycles. The topological polar surface area (TPSA) is 17.8 Å². The molecule has 2 nitrogen and oxygen atoms in total. The van der Waals surface area contributed by atoms with Crippen molar-refractivity contribution in [3.8, 4) is 0 Å². The molecule has 11 heavy (non-hydrogen) atoms. The fourth-order valence-corrected chi connectivity index (χ4v) is 1.30. The van der Waals surface area contributed by atoms with Crippen LogP contribution in [0.25, 0.3) is 0 Å². The van der Waals surface area contributed by atoms with Crippen LogP contribution in [0.1, 0.15) is 31.5 Å². The molecule has 0 aliphatic heterocycles. The van der Waals surface area contributed by atoms with Gasteiger partial charge in [0.2, 0.25) is 0 Å². The van der Waals surface area contributed by atoms with Crippen molar-refractivity contribution in [1.82, 2.24) is 9.78 Å². The first-order valence-electron chi connectivity index (χ1n) is 4.23. The van der Waals surface area contributed by atoms with E-state index < -0.39 is 0 Å². The first-order chi connectivity index (χ1) is 5.29. The van der Waals surface area contributed by atoms with Crippen LogP contribution in [0, 0.1) is 13.1 Å². The van der Waals surface area contributed by atoms with E-state index in [4.69, 9.17) is 0 Å². The van der Waals surface area contributed by atoms with Gasteiger partial charge in [-0.25, -0.2) is 0 Å². The maximum atomic E-state index is 4.17. The van der Waals surface area contributed by atoms with Gasteiger partial charge in [-0.1, -0.05) is 13.8 Å². The lowest BCUT2D eigenvalue weighted by Crippen LogP contribution is -2.03. The van der Waals surface area contributed by atoms with E-state index in [2.05, 4.69) is 36.7 Å². The Morgan fingerprint density at radius 2 is 2.18 bits per heavy atom. The Hall–Kier alpha value is -0.790. The van der Waals surface area contributed by atoms with Gasteiger partial charge in [-0.15, -0.1) is 0 Å². The maximum Gasteiger partial charge on any atom is 0.116 e. The van der Waals surface area contributed by atoms with Crippen LogP contribution in [0.3, 0.4) is 0 Å². The minimum Gasteiger partial charge on any atom is -0.269 e. The van der Waals surface area contributed by atoms with Crippen LogP contribution in [0.2, 0.25) is 0 Å². The van der Waals surface area contributed by atoms with Gasteiger partial charge in [-0.2, -0.15) is 5.10 Å². The largest absolute Gasteiger partial charge is 0.269 e. The smallest absolute Gasteiger partial charge is 0.116 e. The highest BCUT2D eigenvalue weighted by molar-refractivity contribution is 5.13. The third kappa shape index (κ3) is 1.62. The van der Waals surface area contributed by atoms with Crippen LogP contribution in [0.5, 0.6) is 0 Å². The molecule has 1 heterocycles. The van der Waals surface area contributed by atoms with E-state index in [9.17, 15) is 0 Å². The minimum absolute atomic E-state index is 1.02. The number of nitrogens with zero attached hydrogens (tertiary/aromatic N) is 2. The predicted octanol–water partition coefficient (Wildman–Crippen LogP) is 1.96. The van der Waals surface area contributed by atoms with Crippen LogP contribution in [-0.2, 0) is 13.0 Å². The molecule has 0 aromatic carbocycles. The molecule has 0 aliphatic carbocycles. The van der Waals surface area contributed by atoms with E-state index in [1.807, 2.05) is 0 Å². The van der Waals surface area contributed by atoms with Gasteiger partial charge in [-0.05, 0) is 25.3 Å². The van der Waals surface area contributed by atoms with Crippen molar-refractivity contribution in [2.45, 2.75) is 40.2 Å². The maximum absolute atomic E-state index is 4.17. The lowest BCUT2D eigenvalue weighted by molar-refractivity contribution is 0.575. The Morgan fingerprint density at radius 3 is 2.73 bits per heavy atom. The van der Waals surface area contributed by atoms with Crippen molar-refractivity contribution in [2.75, 3.05) is 0 Å². The summed E-state index contributed by atoms with van der Waals surface area (Å²) in [5, 5.41) is 4.17. The number of rotatable bonds is 3. The highest BCUT2D eigenvalue weighted by atomic mass is 15.3. The van der Waals surface area contributed by atoms with Crippen molar-refractivity contribution >= 4 is 0 Å².